The maximum atomic E-state index is 2.35. The Morgan fingerprint density at radius 1 is 1.21 bits per heavy atom. The number of halogens is 1. The lowest BCUT2D eigenvalue weighted by Gasteiger charge is -2.18. The van der Waals surface area contributed by atoms with E-state index in [4.69, 9.17) is 0 Å². The van der Waals surface area contributed by atoms with E-state index in [-0.39, 0.29) is 12.4 Å². The molecule has 1 aliphatic heterocycles. The van der Waals surface area contributed by atoms with Gasteiger partial charge in [0.2, 0.25) is 0 Å². The molecule has 76 valence electrons. The summed E-state index contributed by atoms with van der Waals surface area (Å²) in [5.41, 5.74) is 2.82. The largest absolute Gasteiger partial charge is 0.296 e. The molecule has 1 atom stereocenters. The Labute approximate surface area is 91.8 Å². The lowest BCUT2D eigenvalue weighted by molar-refractivity contribution is 0.357. The van der Waals surface area contributed by atoms with Crippen molar-refractivity contribution in [1.29, 1.82) is 0 Å². The molecule has 0 fully saturated rings. The van der Waals surface area contributed by atoms with Gasteiger partial charge in [0, 0.05) is 12.6 Å². The van der Waals surface area contributed by atoms with Gasteiger partial charge in [-0.25, -0.2) is 0 Å². The highest BCUT2D eigenvalue weighted by Gasteiger charge is 2.20. The summed E-state index contributed by atoms with van der Waals surface area (Å²) >= 11 is 0. The molecule has 1 aromatic rings. The van der Waals surface area contributed by atoms with Gasteiger partial charge >= 0.3 is 0 Å². The third-order valence-corrected chi connectivity index (χ3v) is 2.82. The minimum absolute atomic E-state index is 0. The maximum Gasteiger partial charge on any atom is 0.0323 e. The van der Waals surface area contributed by atoms with Crippen LogP contribution in [0.5, 0.6) is 0 Å². The summed E-state index contributed by atoms with van der Waals surface area (Å²) in [7, 11) is 2.16. The number of hydrogen-bond acceptors (Lipinski definition) is 1. The average Bonchev–Trinajstić information content (AvgIpc) is 2.49. The molecule has 2 heteroatoms. The predicted molar refractivity (Wildman–Crippen MR) is 63.8 cm³/mol. The fourth-order valence-electron chi connectivity index (χ4n) is 1.80. The molecule has 0 aromatic heterocycles. The van der Waals surface area contributed by atoms with Gasteiger partial charge in [0.15, 0.2) is 0 Å². The van der Waals surface area contributed by atoms with Crippen LogP contribution >= 0.6 is 12.4 Å². The SMILES string of the molecule is CC1C(c2ccccc2)=CCN1C.Cl. The van der Waals surface area contributed by atoms with E-state index in [1.807, 2.05) is 0 Å². The van der Waals surface area contributed by atoms with Gasteiger partial charge in [0.1, 0.15) is 0 Å². The van der Waals surface area contributed by atoms with E-state index < -0.39 is 0 Å². The third-order valence-electron chi connectivity index (χ3n) is 2.82. The minimum atomic E-state index is 0. The zero-order chi connectivity index (χ0) is 9.26. The normalized spacial score (nSPS) is 21.6. The molecular formula is C12H16ClN. The monoisotopic (exact) mass is 209 g/mol. The van der Waals surface area contributed by atoms with Crippen LogP contribution in [0.2, 0.25) is 0 Å². The number of likely N-dealkylation sites (N-methyl/N-ethyl adjacent to an activating group) is 1. The van der Waals surface area contributed by atoms with Gasteiger partial charge in [-0.3, -0.25) is 4.90 Å². The summed E-state index contributed by atoms with van der Waals surface area (Å²) < 4.78 is 0. The standard InChI is InChI=1S/C12H15N.ClH/c1-10-12(8-9-13(10)2)11-6-4-3-5-7-11;/h3-8,10H,9H2,1-2H3;1H. The van der Waals surface area contributed by atoms with Crippen molar-refractivity contribution >= 4 is 18.0 Å². The highest BCUT2D eigenvalue weighted by Crippen LogP contribution is 2.25. The average molecular weight is 210 g/mol. The van der Waals surface area contributed by atoms with Gasteiger partial charge < -0.3 is 0 Å². The molecule has 0 bridgehead atoms. The second kappa shape index (κ2) is 4.63. The van der Waals surface area contributed by atoms with Crippen LogP contribution in [0.25, 0.3) is 5.57 Å². The van der Waals surface area contributed by atoms with Crippen molar-refractivity contribution in [1.82, 2.24) is 4.90 Å². The van der Waals surface area contributed by atoms with Crippen LogP contribution in [0.3, 0.4) is 0 Å². The van der Waals surface area contributed by atoms with Crippen LogP contribution in [-0.2, 0) is 0 Å². The van der Waals surface area contributed by atoms with Crippen LogP contribution in [-0.4, -0.2) is 24.5 Å². The van der Waals surface area contributed by atoms with E-state index >= 15 is 0 Å². The quantitative estimate of drug-likeness (QED) is 0.688. The van der Waals surface area contributed by atoms with E-state index in [1.165, 1.54) is 11.1 Å². The molecule has 0 N–H and O–H groups in total. The Bertz CT molecular complexity index is 318. The molecular weight excluding hydrogens is 194 g/mol. The number of rotatable bonds is 1. The van der Waals surface area contributed by atoms with E-state index in [2.05, 4.69) is 55.3 Å². The second-order valence-corrected chi connectivity index (χ2v) is 3.64. The molecule has 0 spiro atoms. The lowest BCUT2D eigenvalue weighted by atomic mass is 10.0. The van der Waals surface area contributed by atoms with Crippen molar-refractivity contribution in [3.05, 3.63) is 42.0 Å². The van der Waals surface area contributed by atoms with Crippen molar-refractivity contribution < 1.29 is 0 Å². The molecule has 0 aliphatic carbocycles. The Hall–Kier alpha value is -0.790. The van der Waals surface area contributed by atoms with Gasteiger partial charge in [-0.15, -0.1) is 12.4 Å². The maximum absolute atomic E-state index is 2.35. The fraction of sp³-hybridized carbons (Fsp3) is 0.333. The summed E-state index contributed by atoms with van der Waals surface area (Å²) in [5, 5.41) is 0. The van der Waals surface area contributed by atoms with Gasteiger partial charge in [0.05, 0.1) is 0 Å². The molecule has 2 rings (SSSR count). The van der Waals surface area contributed by atoms with E-state index in [0.29, 0.717) is 6.04 Å². The third kappa shape index (κ3) is 1.99. The highest BCUT2D eigenvalue weighted by atomic mass is 35.5. The summed E-state index contributed by atoms with van der Waals surface area (Å²) in [6.45, 7) is 3.33. The molecule has 1 aliphatic rings. The zero-order valence-electron chi connectivity index (χ0n) is 8.60. The van der Waals surface area contributed by atoms with Crippen LogP contribution in [0.1, 0.15) is 12.5 Å². The van der Waals surface area contributed by atoms with Gasteiger partial charge in [-0.1, -0.05) is 36.4 Å². The van der Waals surface area contributed by atoms with Gasteiger partial charge in [-0.2, -0.15) is 0 Å². The topological polar surface area (TPSA) is 3.24 Å². The van der Waals surface area contributed by atoms with Crippen molar-refractivity contribution in [2.45, 2.75) is 13.0 Å². The first-order valence-corrected chi connectivity index (χ1v) is 4.75. The van der Waals surface area contributed by atoms with E-state index in [1.54, 1.807) is 0 Å². The molecule has 0 amide bonds. The molecule has 1 aromatic carbocycles. The summed E-state index contributed by atoms with van der Waals surface area (Å²) in [6.07, 6.45) is 2.32. The van der Waals surface area contributed by atoms with Gasteiger partial charge in [0.25, 0.3) is 0 Å². The van der Waals surface area contributed by atoms with Gasteiger partial charge in [-0.05, 0) is 25.1 Å². The molecule has 0 saturated carbocycles. The smallest absolute Gasteiger partial charge is 0.0323 e. The highest BCUT2D eigenvalue weighted by molar-refractivity contribution is 5.85. The fourth-order valence-corrected chi connectivity index (χ4v) is 1.80. The van der Waals surface area contributed by atoms with Crippen LogP contribution in [0.15, 0.2) is 36.4 Å². The number of hydrogen-bond donors (Lipinski definition) is 0. The van der Waals surface area contributed by atoms with Crippen LogP contribution in [0, 0.1) is 0 Å². The molecule has 0 saturated heterocycles. The summed E-state index contributed by atoms with van der Waals surface area (Å²) in [4.78, 5) is 2.35. The predicted octanol–water partition coefficient (Wildman–Crippen LogP) is 2.83. The Balaban J connectivity index is 0.000000980. The Kier molecular flexibility index (Phi) is 3.73. The number of benzene rings is 1. The lowest BCUT2D eigenvalue weighted by Crippen LogP contribution is -2.24. The molecule has 1 nitrogen and oxygen atoms in total. The zero-order valence-corrected chi connectivity index (χ0v) is 9.42. The van der Waals surface area contributed by atoms with E-state index in [9.17, 15) is 0 Å². The van der Waals surface area contributed by atoms with Crippen molar-refractivity contribution in [3.63, 3.8) is 0 Å². The van der Waals surface area contributed by atoms with Crippen molar-refractivity contribution in [3.8, 4) is 0 Å². The number of nitrogens with zero attached hydrogens (tertiary/aromatic N) is 1. The summed E-state index contributed by atoms with van der Waals surface area (Å²) in [6, 6.07) is 11.2. The first-order valence-electron chi connectivity index (χ1n) is 4.75. The van der Waals surface area contributed by atoms with Crippen molar-refractivity contribution in [2.24, 2.45) is 0 Å². The molecule has 14 heavy (non-hydrogen) atoms. The second-order valence-electron chi connectivity index (χ2n) is 3.64. The first kappa shape index (κ1) is 11.3. The summed E-state index contributed by atoms with van der Waals surface area (Å²) in [5.74, 6) is 0. The van der Waals surface area contributed by atoms with Crippen molar-refractivity contribution in [2.75, 3.05) is 13.6 Å². The van der Waals surface area contributed by atoms with Crippen LogP contribution < -0.4 is 0 Å². The Morgan fingerprint density at radius 3 is 2.36 bits per heavy atom. The first-order chi connectivity index (χ1) is 6.29. The molecule has 0 radical (unpaired) electrons. The molecule has 1 heterocycles. The Morgan fingerprint density at radius 2 is 1.86 bits per heavy atom. The van der Waals surface area contributed by atoms with Crippen LogP contribution in [0.4, 0.5) is 0 Å². The van der Waals surface area contributed by atoms with E-state index in [0.717, 1.165) is 6.54 Å². The molecule has 1 unspecified atom stereocenters. The minimum Gasteiger partial charge on any atom is -0.296 e.